The van der Waals surface area contributed by atoms with Gasteiger partial charge in [0, 0.05) is 24.8 Å². The highest BCUT2D eigenvalue weighted by atomic mass is 32.2. The summed E-state index contributed by atoms with van der Waals surface area (Å²) in [6.45, 7) is 6.18. The minimum Gasteiger partial charge on any atom is -0.327 e. The Morgan fingerprint density at radius 3 is 2.95 bits per heavy atom. The Morgan fingerprint density at radius 2 is 2.30 bits per heavy atom. The summed E-state index contributed by atoms with van der Waals surface area (Å²) in [7, 11) is 0. The highest BCUT2D eigenvalue weighted by Gasteiger charge is 2.24. The van der Waals surface area contributed by atoms with Gasteiger partial charge in [-0.05, 0) is 35.8 Å². The van der Waals surface area contributed by atoms with Crippen LogP contribution in [0.3, 0.4) is 0 Å². The zero-order valence-corrected chi connectivity index (χ0v) is 13.1. The van der Waals surface area contributed by atoms with Gasteiger partial charge >= 0.3 is 0 Å². The number of hydrogen-bond acceptors (Lipinski definition) is 3. The van der Waals surface area contributed by atoms with E-state index in [1.165, 1.54) is 34.8 Å². The van der Waals surface area contributed by atoms with Gasteiger partial charge in [-0.25, -0.2) is 4.98 Å². The van der Waals surface area contributed by atoms with Gasteiger partial charge in [-0.1, -0.05) is 19.9 Å². The average Bonchev–Trinajstić information content (AvgIpc) is 3.05. The lowest BCUT2D eigenvalue weighted by Crippen LogP contribution is -2.12. The summed E-state index contributed by atoms with van der Waals surface area (Å²) in [6, 6.07) is 6.48. The van der Waals surface area contributed by atoms with Crippen molar-refractivity contribution in [2.75, 3.05) is 11.5 Å². The molecule has 1 saturated heterocycles. The minimum atomic E-state index is 0.585. The van der Waals surface area contributed by atoms with Crippen LogP contribution < -0.4 is 5.73 Å². The lowest BCUT2D eigenvalue weighted by molar-refractivity contribution is 0.504. The van der Waals surface area contributed by atoms with Crippen molar-refractivity contribution in [1.29, 1.82) is 0 Å². The molecule has 2 N–H and O–H groups in total. The zero-order valence-electron chi connectivity index (χ0n) is 12.3. The maximum absolute atomic E-state index is 5.75. The van der Waals surface area contributed by atoms with E-state index < -0.39 is 0 Å². The topological polar surface area (TPSA) is 43.8 Å². The molecule has 108 valence electrons. The van der Waals surface area contributed by atoms with Crippen molar-refractivity contribution in [2.45, 2.75) is 39.3 Å². The summed E-state index contributed by atoms with van der Waals surface area (Å²) in [5.41, 5.74) is 9.29. The van der Waals surface area contributed by atoms with E-state index in [0.29, 0.717) is 18.4 Å². The van der Waals surface area contributed by atoms with E-state index >= 15 is 0 Å². The van der Waals surface area contributed by atoms with Crippen LogP contribution in [0.2, 0.25) is 0 Å². The SMILES string of the molecule is CC(C)Cn1c(C2CCSC2)nc2cc(CN)ccc21. The van der Waals surface area contributed by atoms with Crippen molar-refractivity contribution in [3.63, 3.8) is 0 Å². The van der Waals surface area contributed by atoms with Crippen molar-refractivity contribution < 1.29 is 0 Å². The number of rotatable bonds is 4. The molecule has 1 aromatic carbocycles. The standard InChI is InChI=1S/C16H23N3S/c1-11(2)9-19-15-4-3-12(8-17)7-14(15)18-16(19)13-5-6-20-10-13/h3-4,7,11,13H,5-6,8-10,17H2,1-2H3. The first-order valence-electron chi connectivity index (χ1n) is 7.46. The Morgan fingerprint density at radius 1 is 1.45 bits per heavy atom. The van der Waals surface area contributed by atoms with Crippen molar-refractivity contribution in [3.8, 4) is 0 Å². The van der Waals surface area contributed by atoms with Crippen molar-refractivity contribution in [3.05, 3.63) is 29.6 Å². The Hall–Kier alpha value is -1.00. The van der Waals surface area contributed by atoms with Crippen LogP contribution >= 0.6 is 11.8 Å². The van der Waals surface area contributed by atoms with E-state index in [1.807, 2.05) is 11.8 Å². The van der Waals surface area contributed by atoms with E-state index in [1.54, 1.807) is 0 Å². The molecule has 0 radical (unpaired) electrons. The molecule has 0 saturated carbocycles. The predicted molar refractivity (Wildman–Crippen MR) is 87.1 cm³/mol. The van der Waals surface area contributed by atoms with Gasteiger partial charge < -0.3 is 10.3 Å². The molecule has 0 spiro atoms. The fourth-order valence-corrected chi connectivity index (χ4v) is 4.15. The fourth-order valence-electron chi connectivity index (χ4n) is 2.93. The highest BCUT2D eigenvalue weighted by Crippen LogP contribution is 2.34. The van der Waals surface area contributed by atoms with Crippen LogP contribution in [0, 0.1) is 5.92 Å². The quantitative estimate of drug-likeness (QED) is 0.938. The van der Waals surface area contributed by atoms with Crippen molar-refractivity contribution in [1.82, 2.24) is 9.55 Å². The first-order valence-corrected chi connectivity index (χ1v) is 8.61. The number of hydrogen-bond donors (Lipinski definition) is 1. The Bertz CT molecular complexity index is 597. The third kappa shape index (κ3) is 2.59. The van der Waals surface area contributed by atoms with Crippen LogP contribution in [0.15, 0.2) is 18.2 Å². The van der Waals surface area contributed by atoms with Crippen molar-refractivity contribution >= 4 is 22.8 Å². The molecule has 1 atom stereocenters. The van der Waals surface area contributed by atoms with Crippen LogP contribution in [-0.4, -0.2) is 21.1 Å². The Kier molecular flexibility index (Phi) is 4.03. The first kappa shape index (κ1) is 14.0. The summed E-state index contributed by atoms with van der Waals surface area (Å²) in [4.78, 5) is 4.95. The molecule has 1 aromatic heterocycles. The molecule has 20 heavy (non-hydrogen) atoms. The smallest absolute Gasteiger partial charge is 0.113 e. The van der Waals surface area contributed by atoms with E-state index in [9.17, 15) is 0 Å². The third-order valence-corrected chi connectivity index (χ3v) is 5.08. The maximum atomic E-state index is 5.75. The van der Waals surface area contributed by atoms with Gasteiger partial charge in [0.15, 0.2) is 0 Å². The molecular formula is C16H23N3S. The number of fused-ring (bicyclic) bond motifs is 1. The summed E-state index contributed by atoms with van der Waals surface area (Å²) >= 11 is 2.05. The normalized spacial score (nSPS) is 19.3. The fraction of sp³-hybridized carbons (Fsp3) is 0.562. The molecule has 0 bridgehead atoms. The van der Waals surface area contributed by atoms with Crippen molar-refractivity contribution in [2.24, 2.45) is 11.7 Å². The molecule has 1 aliphatic rings. The second-order valence-corrected chi connectivity index (χ2v) is 7.21. The molecule has 0 aliphatic carbocycles. The lowest BCUT2D eigenvalue weighted by Gasteiger charge is -2.15. The number of aromatic nitrogens is 2. The number of imidazole rings is 1. The van der Waals surface area contributed by atoms with E-state index in [4.69, 9.17) is 10.7 Å². The second-order valence-electron chi connectivity index (χ2n) is 6.06. The Balaban J connectivity index is 2.10. The predicted octanol–water partition coefficient (Wildman–Crippen LogP) is 3.37. The number of nitrogens with zero attached hydrogens (tertiary/aromatic N) is 2. The van der Waals surface area contributed by atoms with Crippen LogP contribution in [0.5, 0.6) is 0 Å². The van der Waals surface area contributed by atoms with Gasteiger partial charge in [-0.15, -0.1) is 0 Å². The highest BCUT2D eigenvalue weighted by molar-refractivity contribution is 7.99. The molecule has 2 heterocycles. The molecule has 0 amide bonds. The van der Waals surface area contributed by atoms with Crippen LogP contribution in [-0.2, 0) is 13.1 Å². The van der Waals surface area contributed by atoms with Gasteiger partial charge in [-0.3, -0.25) is 0 Å². The third-order valence-electron chi connectivity index (χ3n) is 3.92. The first-order chi connectivity index (χ1) is 9.69. The van der Waals surface area contributed by atoms with Gasteiger partial charge in [0.1, 0.15) is 5.82 Å². The molecule has 4 heteroatoms. The van der Waals surface area contributed by atoms with Crippen LogP contribution in [0.1, 0.15) is 37.6 Å². The molecule has 2 aromatic rings. The van der Waals surface area contributed by atoms with Crippen LogP contribution in [0.25, 0.3) is 11.0 Å². The zero-order chi connectivity index (χ0) is 14.1. The Labute approximate surface area is 124 Å². The largest absolute Gasteiger partial charge is 0.327 e. The van der Waals surface area contributed by atoms with Gasteiger partial charge in [0.25, 0.3) is 0 Å². The van der Waals surface area contributed by atoms with E-state index in [-0.39, 0.29) is 0 Å². The minimum absolute atomic E-state index is 0.585. The molecule has 1 fully saturated rings. The number of benzene rings is 1. The van der Waals surface area contributed by atoms with Crippen LogP contribution in [0.4, 0.5) is 0 Å². The molecule has 3 rings (SSSR count). The summed E-state index contributed by atoms with van der Waals surface area (Å²) in [5, 5.41) is 0. The summed E-state index contributed by atoms with van der Waals surface area (Å²) in [5.74, 6) is 5.02. The number of nitrogens with two attached hydrogens (primary N) is 1. The average molecular weight is 289 g/mol. The second kappa shape index (κ2) is 5.78. The molecular weight excluding hydrogens is 266 g/mol. The molecule has 3 nitrogen and oxygen atoms in total. The summed E-state index contributed by atoms with van der Waals surface area (Å²) in [6.07, 6.45) is 1.26. The lowest BCUT2D eigenvalue weighted by atomic mass is 10.1. The maximum Gasteiger partial charge on any atom is 0.113 e. The van der Waals surface area contributed by atoms with Gasteiger partial charge in [-0.2, -0.15) is 11.8 Å². The molecule has 1 aliphatic heterocycles. The van der Waals surface area contributed by atoms with E-state index in [0.717, 1.165) is 12.1 Å². The van der Waals surface area contributed by atoms with Gasteiger partial charge in [0.2, 0.25) is 0 Å². The number of thioether (sulfide) groups is 1. The van der Waals surface area contributed by atoms with Gasteiger partial charge in [0.05, 0.1) is 11.0 Å². The van der Waals surface area contributed by atoms with E-state index in [2.05, 4.69) is 36.6 Å². The monoisotopic (exact) mass is 289 g/mol. The molecule has 1 unspecified atom stereocenters. The summed E-state index contributed by atoms with van der Waals surface area (Å²) < 4.78 is 2.44.